The highest BCUT2D eigenvalue weighted by atomic mass is 19.1. The molecule has 0 amide bonds. The van der Waals surface area contributed by atoms with E-state index in [9.17, 15) is 14.5 Å². The normalized spacial score (nSPS) is 10.4. The van der Waals surface area contributed by atoms with Crippen LogP contribution in [-0.4, -0.2) is 16.5 Å². The van der Waals surface area contributed by atoms with Gasteiger partial charge in [0.2, 0.25) is 0 Å². The third-order valence-electron chi connectivity index (χ3n) is 3.04. The second-order valence-corrected chi connectivity index (χ2v) is 4.74. The minimum absolute atomic E-state index is 0.0395. The average molecular weight is 289 g/mol. The van der Waals surface area contributed by atoms with Crippen LogP contribution < -0.4 is 5.32 Å². The first-order valence-electron chi connectivity index (χ1n) is 6.68. The van der Waals surface area contributed by atoms with Gasteiger partial charge >= 0.3 is 0 Å². The number of hydrogen-bond acceptors (Lipinski definition) is 4. The molecule has 2 rings (SSSR count). The molecule has 1 heterocycles. The summed E-state index contributed by atoms with van der Waals surface area (Å²) in [5.41, 5.74) is 1.78. The lowest BCUT2D eigenvalue weighted by molar-refractivity contribution is -0.384. The first kappa shape index (κ1) is 14.9. The smallest absolute Gasteiger partial charge is 0.275 e. The van der Waals surface area contributed by atoms with Crippen molar-refractivity contribution in [2.75, 3.05) is 11.9 Å². The van der Waals surface area contributed by atoms with E-state index in [4.69, 9.17) is 0 Å². The number of hydrogen-bond donors (Lipinski definition) is 1. The predicted octanol–water partition coefficient (Wildman–Crippen LogP) is 3.93. The molecular weight excluding hydrogens is 273 g/mol. The van der Waals surface area contributed by atoms with Gasteiger partial charge in [-0.15, -0.1) is 0 Å². The van der Waals surface area contributed by atoms with Crippen LogP contribution in [0.4, 0.5) is 15.9 Å². The van der Waals surface area contributed by atoms with Crippen molar-refractivity contribution in [2.24, 2.45) is 0 Å². The van der Waals surface area contributed by atoms with E-state index in [0.29, 0.717) is 29.2 Å². The lowest BCUT2D eigenvalue weighted by atomic mass is 10.0. The van der Waals surface area contributed by atoms with Gasteiger partial charge in [-0.25, -0.2) is 9.37 Å². The van der Waals surface area contributed by atoms with Crippen molar-refractivity contribution in [3.63, 3.8) is 0 Å². The standard InChI is InChI=1S/C15H16FN3O2/c1-3-6-17-15-9-12(19(20)21)8-14(18-15)13-5-4-11(16)7-10(13)2/h4-5,7-9H,3,6H2,1-2H3,(H,17,18). The molecule has 5 nitrogen and oxygen atoms in total. The minimum atomic E-state index is -0.457. The van der Waals surface area contributed by atoms with Gasteiger partial charge in [0.1, 0.15) is 11.6 Å². The summed E-state index contributed by atoms with van der Waals surface area (Å²) in [6.45, 7) is 4.42. The molecule has 6 heteroatoms. The van der Waals surface area contributed by atoms with Crippen LogP contribution in [0.2, 0.25) is 0 Å². The van der Waals surface area contributed by atoms with Gasteiger partial charge in [0.25, 0.3) is 5.69 Å². The summed E-state index contributed by atoms with van der Waals surface area (Å²) in [6, 6.07) is 7.09. The van der Waals surface area contributed by atoms with Crippen molar-refractivity contribution in [1.29, 1.82) is 0 Å². The Hall–Kier alpha value is -2.50. The van der Waals surface area contributed by atoms with Gasteiger partial charge in [-0.2, -0.15) is 0 Å². The van der Waals surface area contributed by atoms with E-state index in [1.54, 1.807) is 13.0 Å². The molecule has 0 aliphatic heterocycles. The summed E-state index contributed by atoms with van der Waals surface area (Å²) in [5.74, 6) is 0.107. The molecule has 0 atom stereocenters. The van der Waals surface area contributed by atoms with E-state index >= 15 is 0 Å². The molecule has 0 bridgehead atoms. The van der Waals surface area contributed by atoms with Crippen LogP contribution in [0.25, 0.3) is 11.3 Å². The monoisotopic (exact) mass is 289 g/mol. The Labute approximate surface area is 122 Å². The summed E-state index contributed by atoms with van der Waals surface area (Å²) < 4.78 is 13.2. The lowest BCUT2D eigenvalue weighted by Crippen LogP contribution is -2.04. The van der Waals surface area contributed by atoms with Crippen LogP contribution in [0, 0.1) is 22.9 Å². The number of benzene rings is 1. The summed E-state index contributed by atoms with van der Waals surface area (Å²) in [6.07, 6.45) is 0.884. The number of aryl methyl sites for hydroxylation is 1. The molecule has 2 aromatic rings. The Morgan fingerprint density at radius 2 is 2.10 bits per heavy atom. The number of nitrogens with zero attached hydrogens (tertiary/aromatic N) is 2. The average Bonchev–Trinajstić information content (AvgIpc) is 2.44. The molecule has 1 aromatic carbocycles. The van der Waals surface area contributed by atoms with E-state index in [2.05, 4.69) is 10.3 Å². The highest BCUT2D eigenvalue weighted by Crippen LogP contribution is 2.28. The number of anilines is 1. The largest absolute Gasteiger partial charge is 0.370 e. The molecule has 110 valence electrons. The first-order chi connectivity index (χ1) is 10.0. The molecule has 0 saturated heterocycles. The molecule has 0 unspecified atom stereocenters. The van der Waals surface area contributed by atoms with E-state index < -0.39 is 4.92 Å². The van der Waals surface area contributed by atoms with Crippen molar-refractivity contribution >= 4 is 11.5 Å². The zero-order valence-corrected chi connectivity index (χ0v) is 11.9. The van der Waals surface area contributed by atoms with E-state index in [1.165, 1.54) is 24.3 Å². The van der Waals surface area contributed by atoms with Crippen LogP contribution in [0.5, 0.6) is 0 Å². The SMILES string of the molecule is CCCNc1cc([N+](=O)[O-])cc(-c2ccc(F)cc2C)n1. The maximum absolute atomic E-state index is 13.2. The van der Waals surface area contributed by atoms with Crippen LogP contribution in [0.15, 0.2) is 30.3 Å². The van der Waals surface area contributed by atoms with Gasteiger partial charge in [0, 0.05) is 18.2 Å². The summed E-state index contributed by atoms with van der Waals surface area (Å²) in [7, 11) is 0. The number of aromatic nitrogens is 1. The second-order valence-electron chi connectivity index (χ2n) is 4.74. The van der Waals surface area contributed by atoms with Crippen LogP contribution in [0.3, 0.4) is 0 Å². The molecular formula is C15H16FN3O2. The minimum Gasteiger partial charge on any atom is -0.370 e. The molecule has 0 saturated carbocycles. The van der Waals surface area contributed by atoms with Gasteiger partial charge in [-0.3, -0.25) is 10.1 Å². The fraction of sp³-hybridized carbons (Fsp3) is 0.267. The zero-order chi connectivity index (χ0) is 15.4. The topological polar surface area (TPSA) is 68.1 Å². The van der Waals surface area contributed by atoms with Gasteiger partial charge in [-0.05, 0) is 37.1 Å². The molecule has 0 spiro atoms. The van der Waals surface area contributed by atoms with Gasteiger partial charge in [0.15, 0.2) is 0 Å². The van der Waals surface area contributed by atoms with Crippen molar-refractivity contribution < 1.29 is 9.31 Å². The number of nitrogens with one attached hydrogen (secondary N) is 1. The number of halogens is 1. The Balaban J connectivity index is 2.50. The highest BCUT2D eigenvalue weighted by molar-refractivity contribution is 5.68. The maximum Gasteiger partial charge on any atom is 0.275 e. The molecule has 0 aliphatic carbocycles. The molecule has 21 heavy (non-hydrogen) atoms. The molecule has 0 fully saturated rings. The zero-order valence-electron chi connectivity index (χ0n) is 11.9. The molecule has 1 aromatic heterocycles. The summed E-state index contributed by atoms with van der Waals surface area (Å²) >= 11 is 0. The lowest BCUT2D eigenvalue weighted by Gasteiger charge is -2.09. The van der Waals surface area contributed by atoms with Crippen molar-refractivity contribution in [3.05, 3.63) is 51.8 Å². The third kappa shape index (κ3) is 3.53. The predicted molar refractivity (Wildman–Crippen MR) is 79.8 cm³/mol. The number of nitro groups is 1. The van der Waals surface area contributed by atoms with E-state index in [1.807, 2.05) is 6.92 Å². The Kier molecular flexibility index (Phi) is 4.47. The third-order valence-corrected chi connectivity index (χ3v) is 3.04. The van der Waals surface area contributed by atoms with Crippen LogP contribution >= 0.6 is 0 Å². The Morgan fingerprint density at radius 3 is 2.71 bits per heavy atom. The Bertz CT molecular complexity index is 674. The van der Waals surface area contributed by atoms with Crippen LogP contribution in [0.1, 0.15) is 18.9 Å². The molecule has 1 N–H and O–H groups in total. The molecule has 0 aliphatic rings. The Morgan fingerprint density at radius 1 is 1.33 bits per heavy atom. The summed E-state index contributed by atoms with van der Waals surface area (Å²) in [5, 5.41) is 14.1. The fourth-order valence-electron chi connectivity index (χ4n) is 2.02. The first-order valence-corrected chi connectivity index (χ1v) is 6.68. The van der Waals surface area contributed by atoms with Crippen LogP contribution in [-0.2, 0) is 0 Å². The van der Waals surface area contributed by atoms with Crippen molar-refractivity contribution in [2.45, 2.75) is 20.3 Å². The highest BCUT2D eigenvalue weighted by Gasteiger charge is 2.14. The fourth-order valence-corrected chi connectivity index (χ4v) is 2.02. The summed E-state index contributed by atoms with van der Waals surface area (Å²) in [4.78, 5) is 15.0. The maximum atomic E-state index is 13.2. The second kappa shape index (κ2) is 6.30. The molecule has 0 radical (unpaired) electrons. The van der Waals surface area contributed by atoms with Crippen molar-refractivity contribution in [1.82, 2.24) is 4.98 Å². The van der Waals surface area contributed by atoms with Gasteiger partial charge in [-0.1, -0.05) is 6.92 Å². The van der Waals surface area contributed by atoms with E-state index in [0.717, 1.165) is 6.42 Å². The number of rotatable bonds is 5. The van der Waals surface area contributed by atoms with Gasteiger partial charge < -0.3 is 5.32 Å². The van der Waals surface area contributed by atoms with Gasteiger partial charge in [0.05, 0.1) is 16.7 Å². The van der Waals surface area contributed by atoms with Crippen molar-refractivity contribution in [3.8, 4) is 11.3 Å². The van der Waals surface area contributed by atoms with E-state index in [-0.39, 0.29) is 11.5 Å². The number of pyridine rings is 1. The quantitative estimate of drug-likeness (QED) is 0.669.